The van der Waals surface area contributed by atoms with Crippen LogP contribution in [-0.2, 0) is 10.2 Å². The number of hydrogen-bond donors (Lipinski definition) is 0. The molecular weight excluding hydrogens is 542 g/mol. The van der Waals surface area contributed by atoms with Gasteiger partial charge < -0.3 is 14.1 Å². The number of ether oxygens (including phenoxy) is 1. The van der Waals surface area contributed by atoms with Crippen LogP contribution >= 0.6 is 0 Å². The van der Waals surface area contributed by atoms with E-state index in [0.29, 0.717) is 22.9 Å². The third-order valence-corrected chi connectivity index (χ3v) is 8.11. The Bertz CT molecular complexity index is 1900. The van der Waals surface area contributed by atoms with E-state index in [9.17, 15) is 10.5 Å². The van der Waals surface area contributed by atoms with Crippen molar-refractivity contribution in [3.05, 3.63) is 143 Å². The molecule has 5 heteroatoms. The van der Waals surface area contributed by atoms with Crippen molar-refractivity contribution in [1.29, 1.82) is 10.5 Å². The molecule has 0 amide bonds. The number of nitrogens with zero attached hydrogens (tertiary/aromatic N) is 3. The van der Waals surface area contributed by atoms with Crippen molar-refractivity contribution in [1.82, 2.24) is 0 Å². The van der Waals surface area contributed by atoms with Gasteiger partial charge in [0.2, 0.25) is 0 Å². The molecule has 2 heterocycles. The largest absolute Gasteiger partial charge is 0.461 e. The Labute approximate surface area is 258 Å². The van der Waals surface area contributed by atoms with Gasteiger partial charge in [-0.2, -0.15) is 10.5 Å². The first-order valence-electron chi connectivity index (χ1n) is 14.6. The number of hydrogen-bond acceptors (Lipinski definition) is 5. The molecule has 3 aromatic carbocycles. The Kier molecular flexibility index (Phi) is 7.12. The number of anilines is 3. The first-order valence-corrected chi connectivity index (χ1v) is 14.6. The highest BCUT2D eigenvalue weighted by Gasteiger charge is 2.39. The zero-order valence-corrected chi connectivity index (χ0v) is 25.6. The molecule has 5 nitrogen and oxygen atoms in total. The van der Waals surface area contributed by atoms with Crippen LogP contribution in [0.1, 0.15) is 51.5 Å². The minimum atomic E-state index is -0.302. The average molecular weight is 576 g/mol. The quantitative estimate of drug-likeness (QED) is 0.221. The van der Waals surface area contributed by atoms with Crippen molar-refractivity contribution in [3.8, 4) is 23.5 Å². The van der Waals surface area contributed by atoms with Crippen molar-refractivity contribution in [2.24, 2.45) is 5.41 Å². The maximum atomic E-state index is 9.46. The summed E-state index contributed by atoms with van der Waals surface area (Å²) in [7, 11) is 0. The molecule has 0 atom stereocenters. The number of rotatable bonds is 5. The molecule has 0 radical (unpaired) electrons. The van der Waals surface area contributed by atoms with E-state index >= 15 is 0 Å². The minimum Gasteiger partial charge on any atom is -0.461 e. The van der Waals surface area contributed by atoms with Crippen LogP contribution in [0.5, 0.6) is 0 Å². The molecule has 0 spiro atoms. The molecule has 216 valence electrons. The van der Waals surface area contributed by atoms with E-state index in [0.717, 1.165) is 33.9 Å². The van der Waals surface area contributed by atoms with Crippen molar-refractivity contribution in [2.75, 3.05) is 4.90 Å². The van der Waals surface area contributed by atoms with Crippen molar-refractivity contribution >= 4 is 23.1 Å². The fraction of sp³-hybridized carbons (Fsp3) is 0.179. The monoisotopic (exact) mass is 575 g/mol. The van der Waals surface area contributed by atoms with Gasteiger partial charge >= 0.3 is 0 Å². The number of allylic oxidation sites excluding steroid dienone is 6. The minimum absolute atomic E-state index is 0.0498. The van der Waals surface area contributed by atoms with E-state index in [2.05, 4.69) is 91.5 Å². The predicted octanol–water partition coefficient (Wildman–Crippen LogP) is 10.3. The number of furan rings is 1. The predicted molar refractivity (Wildman–Crippen MR) is 175 cm³/mol. The molecule has 2 aliphatic rings. The summed E-state index contributed by atoms with van der Waals surface area (Å²) in [6, 6.07) is 33.5. The normalized spacial score (nSPS) is 14.9. The Morgan fingerprint density at radius 2 is 1.41 bits per heavy atom. The molecule has 1 aromatic heterocycles. The SMILES string of the molecule is CC(C)(C)C1=CC(=C(C#N)C#N)C=C(/C=C/c2cc3c(o2)-c2ccc(N(c4ccccc4)c4ccccc4)cc2C3(C)C)O1. The van der Waals surface area contributed by atoms with Gasteiger partial charge in [0.1, 0.15) is 40.8 Å². The standard InChI is InChI=1S/C39H33N3O2/c1-38(2,3)36-21-26(27(24-40)25-41)20-31(43-36)17-18-32-23-35-37(44-32)33-19-16-30(22-34(33)39(35,4)5)42(28-12-8-6-9-13-28)29-14-10-7-11-15-29/h6-23H,1-5H3/b18-17+. The van der Waals surface area contributed by atoms with Crippen LogP contribution < -0.4 is 4.90 Å². The Morgan fingerprint density at radius 3 is 2.00 bits per heavy atom. The summed E-state index contributed by atoms with van der Waals surface area (Å²) < 4.78 is 12.6. The summed E-state index contributed by atoms with van der Waals surface area (Å²) in [5.41, 5.74) is 6.71. The highest BCUT2D eigenvalue weighted by atomic mass is 16.5. The summed E-state index contributed by atoms with van der Waals surface area (Å²) >= 11 is 0. The lowest BCUT2D eigenvalue weighted by Crippen LogP contribution is -2.16. The third kappa shape index (κ3) is 5.14. The maximum Gasteiger partial charge on any atom is 0.139 e. The number of para-hydroxylation sites is 2. The third-order valence-electron chi connectivity index (χ3n) is 8.11. The van der Waals surface area contributed by atoms with Crippen LogP contribution in [0.25, 0.3) is 17.4 Å². The fourth-order valence-electron chi connectivity index (χ4n) is 5.73. The van der Waals surface area contributed by atoms with E-state index in [1.807, 2.05) is 57.2 Å². The molecule has 6 rings (SSSR count). The van der Waals surface area contributed by atoms with E-state index < -0.39 is 0 Å². The molecule has 0 saturated carbocycles. The summed E-state index contributed by atoms with van der Waals surface area (Å²) in [5, 5.41) is 18.9. The molecule has 1 aliphatic carbocycles. The van der Waals surface area contributed by atoms with Crippen molar-refractivity contribution in [2.45, 2.75) is 40.0 Å². The van der Waals surface area contributed by atoms with E-state index in [1.54, 1.807) is 12.2 Å². The van der Waals surface area contributed by atoms with E-state index in [1.165, 1.54) is 5.56 Å². The van der Waals surface area contributed by atoms with Crippen LogP contribution in [0.15, 0.2) is 130 Å². The van der Waals surface area contributed by atoms with Crippen LogP contribution in [0.2, 0.25) is 0 Å². The van der Waals surface area contributed by atoms with Gasteiger partial charge in [-0.15, -0.1) is 0 Å². The number of fused-ring (bicyclic) bond motifs is 3. The smallest absolute Gasteiger partial charge is 0.139 e. The molecule has 0 bridgehead atoms. The molecule has 0 saturated heterocycles. The average Bonchev–Trinajstić information content (AvgIpc) is 3.54. The molecule has 44 heavy (non-hydrogen) atoms. The van der Waals surface area contributed by atoms with Crippen molar-refractivity contribution in [3.63, 3.8) is 0 Å². The summed E-state index contributed by atoms with van der Waals surface area (Å²) in [5.74, 6) is 2.80. The summed E-state index contributed by atoms with van der Waals surface area (Å²) in [6.07, 6.45) is 7.19. The van der Waals surface area contributed by atoms with Gasteiger partial charge in [-0.1, -0.05) is 71.0 Å². The lowest BCUT2D eigenvalue weighted by atomic mass is 9.82. The number of nitriles is 2. The Morgan fingerprint density at radius 1 is 0.773 bits per heavy atom. The van der Waals surface area contributed by atoms with E-state index in [-0.39, 0.29) is 16.4 Å². The molecule has 0 N–H and O–H groups in total. The van der Waals surface area contributed by atoms with Crippen LogP contribution in [0, 0.1) is 28.1 Å². The van der Waals surface area contributed by atoms with E-state index in [4.69, 9.17) is 9.15 Å². The second kappa shape index (κ2) is 11.0. The second-order valence-electron chi connectivity index (χ2n) is 12.5. The zero-order valence-electron chi connectivity index (χ0n) is 25.6. The summed E-state index contributed by atoms with van der Waals surface area (Å²) in [4.78, 5) is 2.27. The molecule has 1 aliphatic heterocycles. The Balaban J connectivity index is 1.35. The molecular formula is C39H33N3O2. The van der Waals surface area contributed by atoms with Gasteiger partial charge in [0.15, 0.2) is 0 Å². The van der Waals surface area contributed by atoms with Crippen LogP contribution in [0.3, 0.4) is 0 Å². The van der Waals surface area contributed by atoms with Crippen molar-refractivity contribution < 1.29 is 9.15 Å². The van der Waals surface area contributed by atoms with Gasteiger partial charge in [0.05, 0.1) is 0 Å². The van der Waals surface area contributed by atoms with Gasteiger partial charge in [-0.25, -0.2) is 0 Å². The highest BCUT2D eigenvalue weighted by molar-refractivity contribution is 5.84. The summed E-state index contributed by atoms with van der Waals surface area (Å²) in [6.45, 7) is 10.6. The number of benzene rings is 3. The molecule has 0 fully saturated rings. The zero-order chi connectivity index (χ0) is 31.1. The van der Waals surface area contributed by atoms with Gasteiger partial charge in [-0.3, -0.25) is 0 Å². The molecule has 4 aromatic rings. The van der Waals surface area contributed by atoms with Crippen LogP contribution in [-0.4, -0.2) is 0 Å². The first-order chi connectivity index (χ1) is 21.1. The second-order valence-corrected chi connectivity index (χ2v) is 12.5. The lowest BCUT2D eigenvalue weighted by Gasteiger charge is -2.27. The van der Waals surface area contributed by atoms with Crippen LogP contribution in [0.4, 0.5) is 17.1 Å². The first kappa shape index (κ1) is 28.6. The maximum absolute atomic E-state index is 9.46. The Hall–Kier alpha value is -5.52. The van der Waals surface area contributed by atoms with Gasteiger partial charge in [-0.05, 0) is 78.4 Å². The highest BCUT2D eigenvalue weighted by Crippen LogP contribution is 2.52. The van der Waals surface area contributed by atoms with Gasteiger partial charge in [0, 0.05) is 44.6 Å². The topological polar surface area (TPSA) is 73.2 Å². The van der Waals surface area contributed by atoms with Gasteiger partial charge in [0.25, 0.3) is 0 Å². The fourth-order valence-corrected chi connectivity index (χ4v) is 5.73. The lowest BCUT2D eigenvalue weighted by molar-refractivity contribution is 0.223. The molecule has 0 unspecified atom stereocenters.